The predicted octanol–water partition coefficient (Wildman–Crippen LogP) is 5.52. The van der Waals surface area contributed by atoms with Gasteiger partial charge < -0.3 is 5.32 Å². The summed E-state index contributed by atoms with van der Waals surface area (Å²) in [6.45, 7) is 0. The first kappa shape index (κ1) is 18.5. The fourth-order valence-corrected chi connectivity index (χ4v) is 3.79. The molecule has 29 heavy (non-hydrogen) atoms. The summed E-state index contributed by atoms with van der Waals surface area (Å²) in [5, 5.41) is 14.5. The summed E-state index contributed by atoms with van der Waals surface area (Å²) in [5.41, 5.74) is 3.08. The molecule has 0 unspecified atom stereocenters. The van der Waals surface area contributed by atoms with Crippen LogP contribution in [0.15, 0.2) is 78.9 Å². The molecule has 6 nitrogen and oxygen atoms in total. The fraction of sp³-hybridized carbons (Fsp3) is 0. The highest BCUT2D eigenvalue weighted by Gasteiger charge is 2.08. The van der Waals surface area contributed by atoms with Crippen LogP contribution < -0.4 is 5.32 Å². The van der Waals surface area contributed by atoms with Gasteiger partial charge in [0.05, 0.1) is 15.1 Å². The molecule has 0 fully saturated rings. The predicted molar refractivity (Wildman–Crippen MR) is 116 cm³/mol. The van der Waals surface area contributed by atoms with Crippen molar-refractivity contribution in [3.8, 4) is 10.6 Å². The Balaban J connectivity index is 1.49. The van der Waals surface area contributed by atoms with Gasteiger partial charge in [-0.3, -0.25) is 14.9 Å². The lowest BCUT2D eigenvalue weighted by Crippen LogP contribution is -2.07. The van der Waals surface area contributed by atoms with Crippen LogP contribution >= 0.6 is 11.3 Å². The van der Waals surface area contributed by atoms with Crippen LogP contribution in [0, 0.1) is 10.1 Å². The summed E-state index contributed by atoms with van der Waals surface area (Å²) >= 11 is 1.60. The topological polar surface area (TPSA) is 85.1 Å². The van der Waals surface area contributed by atoms with E-state index in [1.807, 2.05) is 42.5 Å². The number of nitrogens with zero attached hydrogens (tertiary/aromatic N) is 2. The van der Waals surface area contributed by atoms with Crippen molar-refractivity contribution in [3.05, 3.63) is 94.6 Å². The van der Waals surface area contributed by atoms with Crippen molar-refractivity contribution < 1.29 is 9.72 Å². The van der Waals surface area contributed by atoms with Crippen molar-refractivity contribution in [1.29, 1.82) is 0 Å². The number of hydrogen-bond acceptors (Lipinski definition) is 5. The van der Waals surface area contributed by atoms with Gasteiger partial charge in [0, 0.05) is 29.5 Å². The van der Waals surface area contributed by atoms with E-state index >= 15 is 0 Å². The zero-order chi connectivity index (χ0) is 20.2. The number of anilines is 1. The lowest BCUT2D eigenvalue weighted by molar-refractivity contribution is -0.384. The maximum absolute atomic E-state index is 12.2. The number of para-hydroxylation sites is 1. The summed E-state index contributed by atoms with van der Waals surface area (Å²) in [7, 11) is 0. The normalized spacial score (nSPS) is 11.0. The third-order valence-corrected chi connectivity index (χ3v) is 5.26. The van der Waals surface area contributed by atoms with Crippen molar-refractivity contribution in [2.24, 2.45) is 0 Å². The molecule has 0 saturated heterocycles. The molecule has 7 heteroatoms. The number of aromatic nitrogens is 1. The van der Waals surface area contributed by atoms with Crippen LogP contribution in [0.5, 0.6) is 0 Å². The minimum Gasteiger partial charge on any atom is -0.322 e. The van der Waals surface area contributed by atoms with Gasteiger partial charge in [-0.25, -0.2) is 4.98 Å². The second-order valence-corrected chi connectivity index (χ2v) is 7.27. The molecule has 1 amide bonds. The molecular weight excluding hydrogens is 386 g/mol. The number of carbonyl (C=O) groups excluding carboxylic acids is 1. The number of non-ortho nitro benzene ring substituents is 1. The Morgan fingerprint density at radius 3 is 2.69 bits per heavy atom. The van der Waals surface area contributed by atoms with E-state index in [2.05, 4.69) is 10.3 Å². The summed E-state index contributed by atoms with van der Waals surface area (Å²) in [6.07, 6.45) is 2.89. The van der Waals surface area contributed by atoms with E-state index in [0.717, 1.165) is 20.8 Å². The van der Waals surface area contributed by atoms with E-state index in [9.17, 15) is 14.9 Å². The van der Waals surface area contributed by atoms with Crippen LogP contribution in [-0.2, 0) is 4.79 Å². The standard InChI is InChI=1S/C22H15N3O3S/c26-21(12-11-15-5-3-8-18(13-15)25(27)28)23-17-7-4-6-16(14-17)22-24-19-9-1-2-10-20(19)29-22/h1-14H,(H,23,26). The van der Waals surface area contributed by atoms with Crippen LogP contribution in [0.3, 0.4) is 0 Å². The molecule has 3 aromatic carbocycles. The van der Waals surface area contributed by atoms with Gasteiger partial charge in [-0.05, 0) is 35.9 Å². The van der Waals surface area contributed by atoms with Gasteiger partial charge in [-0.1, -0.05) is 36.4 Å². The third-order valence-electron chi connectivity index (χ3n) is 4.18. The van der Waals surface area contributed by atoms with Gasteiger partial charge in [0.25, 0.3) is 5.69 Å². The maximum Gasteiger partial charge on any atom is 0.270 e. The summed E-state index contributed by atoms with van der Waals surface area (Å²) in [6, 6.07) is 21.5. The first-order valence-electron chi connectivity index (χ1n) is 8.78. The van der Waals surface area contributed by atoms with Gasteiger partial charge in [-0.2, -0.15) is 0 Å². The van der Waals surface area contributed by atoms with Gasteiger partial charge in [0.15, 0.2) is 0 Å². The number of rotatable bonds is 5. The number of benzene rings is 3. The quantitative estimate of drug-likeness (QED) is 0.271. The Bertz CT molecular complexity index is 1210. The average Bonchev–Trinajstić information content (AvgIpc) is 3.17. The molecule has 0 aliphatic rings. The van der Waals surface area contributed by atoms with Gasteiger partial charge >= 0.3 is 0 Å². The molecular formula is C22H15N3O3S. The van der Waals surface area contributed by atoms with E-state index in [4.69, 9.17) is 0 Å². The average molecular weight is 401 g/mol. The Morgan fingerprint density at radius 2 is 1.86 bits per heavy atom. The highest BCUT2D eigenvalue weighted by molar-refractivity contribution is 7.21. The van der Waals surface area contributed by atoms with Crippen LogP contribution in [0.1, 0.15) is 5.56 Å². The molecule has 0 aliphatic heterocycles. The van der Waals surface area contributed by atoms with Crippen LogP contribution in [-0.4, -0.2) is 15.8 Å². The molecule has 0 saturated carbocycles. The maximum atomic E-state index is 12.2. The Morgan fingerprint density at radius 1 is 1.03 bits per heavy atom. The summed E-state index contributed by atoms with van der Waals surface area (Å²) in [4.78, 5) is 27.3. The second kappa shape index (κ2) is 8.04. The summed E-state index contributed by atoms with van der Waals surface area (Å²) in [5.74, 6) is -0.321. The molecule has 1 heterocycles. The Labute approximate surface area is 170 Å². The molecule has 0 atom stereocenters. The fourth-order valence-electron chi connectivity index (χ4n) is 2.82. The van der Waals surface area contributed by atoms with E-state index in [0.29, 0.717) is 11.3 Å². The van der Waals surface area contributed by atoms with E-state index in [1.54, 1.807) is 35.6 Å². The smallest absolute Gasteiger partial charge is 0.270 e. The highest BCUT2D eigenvalue weighted by Crippen LogP contribution is 2.31. The molecule has 4 rings (SSSR count). The van der Waals surface area contributed by atoms with Crippen molar-refractivity contribution >= 4 is 44.9 Å². The Hall–Kier alpha value is -3.84. The largest absolute Gasteiger partial charge is 0.322 e. The Kier molecular flexibility index (Phi) is 5.13. The second-order valence-electron chi connectivity index (χ2n) is 6.24. The number of thiazole rings is 1. The zero-order valence-corrected chi connectivity index (χ0v) is 15.9. The summed E-state index contributed by atoms with van der Waals surface area (Å²) < 4.78 is 1.11. The monoisotopic (exact) mass is 401 g/mol. The minimum absolute atomic E-state index is 0.0175. The number of carbonyl (C=O) groups is 1. The first-order chi connectivity index (χ1) is 14.1. The molecule has 0 spiro atoms. The number of nitro groups is 1. The van der Waals surface area contributed by atoms with Crippen molar-refractivity contribution in [3.63, 3.8) is 0 Å². The van der Waals surface area contributed by atoms with Gasteiger partial charge in [0.1, 0.15) is 5.01 Å². The zero-order valence-electron chi connectivity index (χ0n) is 15.1. The number of amides is 1. The van der Waals surface area contributed by atoms with Crippen molar-refractivity contribution in [2.75, 3.05) is 5.32 Å². The molecule has 0 aliphatic carbocycles. The van der Waals surface area contributed by atoms with Gasteiger partial charge in [0.2, 0.25) is 5.91 Å². The van der Waals surface area contributed by atoms with Crippen molar-refractivity contribution in [2.45, 2.75) is 0 Å². The SMILES string of the molecule is O=C(C=Cc1cccc([N+](=O)[O-])c1)Nc1cccc(-c2nc3ccccc3s2)c1. The number of fused-ring (bicyclic) bond motifs is 1. The first-order valence-corrected chi connectivity index (χ1v) is 9.60. The third kappa shape index (κ3) is 4.36. The number of hydrogen-bond donors (Lipinski definition) is 1. The molecule has 0 bridgehead atoms. The van der Waals surface area contributed by atoms with E-state index in [-0.39, 0.29) is 11.6 Å². The van der Waals surface area contributed by atoms with Gasteiger partial charge in [-0.15, -0.1) is 11.3 Å². The van der Waals surface area contributed by atoms with Crippen LogP contribution in [0.25, 0.3) is 26.9 Å². The van der Waals surface area contributed by atoms with E-state index < -0.39 is 4.92 Å². The molecule has 4 aromatic rings. The molecule has 1 aromatic heterocycles. The van der Waals surface area contributed by atoms with Crippen LogP contribution in [0.4, 0.5) is 11.4 Å². The van der Waals surface area contributed by atoms with Crippen LogP contribution in [0.2, 0.25) is 0 Å². The van der Waals surface area contributed by atoms with Crippen molar-refractivity contribution in [1.82, 2.24) is 4.98 Å². The minimum atomic E-state index is -0.467. The molecule has 1 N–H and O–H groups in total. The lowest BCUT2D eigenvalue weighted by atomic mass is 10.2. The number of nitro benzene ring substituents is 1. The van der Waals surface area contributed by atoms with E-state index in [1.165, 1.54) is 18.2 Å². The highest BCUT2D eigenvalue weighted by atomic mass is 32.1. The number of nitrogens with one attached hydrogen (secondary N) is 1. The lowest BCUT2D eigenvalue weighted by Gasteiger charge is -2.04. The molecule has 142 valence electrons. The molecule has 0 radical (unpaired) electrons.